The zero-order chi connectivity index (χ0) is 39.7. The van der Waals surface area contributed by atoms with Gasteiger partial charge in [-0.3, -0.25) is 24.6 Å². The van der Waals surface area contributed by atoms with Crippen LogP contribution in [0.5, 0.6) is 0 Å². The fraction of sp³-hybridized carbons (Fsp3) is 0.333. The Bertz CT molecular complexity index is 2390. The number of hydrogen-bond acceptors (Lipinski definition) is 9. The van der Waals surface area contributed by atoms with E-state index in [1.165, 1.54) is 17.4 Å². The molecule has 5 heterocycles. The molecule has 292 valence electrons. The summed E-state index contributed by atoms with van der Waals surface area (Å²) in [4.78, 5) is 46.0. The van der Waals surface area contributed by atoms with Crippen LogP contribution in [0, 0.1) is 6.92 Å². The lowest BCUT2D eigenvalue weighted by Gasteiger charge is -2.35. The highest BCUT2D eigenvalue weighted by Gasteiger charge is 2.30. The van der Waals surface area contributed by atoms with E-state index in [1.807, 2.05) is 42.3 Å². The minimum absolute atomic E-state index is 0.172. The summed E-state index contributed by atoms with van der Waals surface area (Å²) in [7, 11) is 0. The number of benzene rings is 3. The zero-order valence-corrected chi connectivity index (χ0v) is 32.9. The van der Waals surface area contributed by atoms with E-state index in [9.17, 15) is 14.4 Å². The Morgan fingerprint density at radius 1 is 0.930 bits per heavy atom. The van der Waals surface area contributed by atoms with Crippen molar-refractivity contribution in [3.8, 4) is 22.4 Å². The van der Waals surface area contributed by atoms with Gasteiger partial charge in [-0.1, -0.05) is 53.7 Å². The molecule has 3 aromatic carbocycles. The standard InChI is InChI=1S/C45H48N8O4/c1-29-23-34(9-10-35(29)26-52(45(2,3)4)44(56)39-19-22-57-50-39)42-40-24-36(27-53(40)47-28-46-42)32-7-5-30(6-8-32)25-51-20-17-33(18-21-51)31-11-13-37(14-12-31)48-38-15-16-41(54)49-43(38)55/h5-14,19,22-24,27-28,33,38,48H,15-18,20-21,25-26H2,1-4H3,(H,49,54,55). The van der Waals surface area contributed by atoms with Gasteiger partial charge in [0.15, 0.2) is 5.69 Å². The molecule has 12 nitrogen and oxygen atoms in total. The van der Waals surface area contributed by atoms with Crippen LogP contribution in [0.1, 0.15) is 85.1 Å². The number of piperidine rings is 2. The van der Waals surface area contributed by atoms with Crippen molar-refractivity contribution in [3.63, 3.8) is 0 Å². The Balaban J connectivity index is 0.888. The van der Waals surface area contributed by atoms with E-state index < -0.39 is 5.54 Å². The number of aromatic nitrogens is 4. The average Bonchev–Trinajstić information content (AvgIpc) is 3.90. The number of nitrogens with one attached hydrogen (secondary N) is 2. The van der Waals surface area contributed by atoms with Gasteiger partial charge in [0, 0.05) is 54.1 Å². The lowest BCUT2D eigenvalue weighted by Crippen LogP contribution is -2.47. The molecule has 6 aromatic rings. The van der Waals surface area contributed by atoms with Gasteiger partial charge in [0.25, 0.3) is 5.91 Å². The van der Waals surface area contributed by atoms with Crippen LogP contribution in [0.15, 0.2) is 102 Å². The Kier molecular flexibility index (Phi) is 10.5. The van der Waals surface area contributed by atoms with Gasteiger partial charge in [-0.25, -0.2) is 9.50 Å². The fourth-order valence-corrected chi connectivity index (χ4v) is 7.94. The molecule has 1 unspecified atom stereocenters. The smallest absolute Gasteiger partial charge is 0.276 e. The summed E-state index contributed by atoms with van der Waals surface area (Å²) in [5.74, 6) is -0.122. The molecule has 2 aliphatic rings. The molecule has 0 radical (unpaired) electrons. The predicted octanol–water partition coefficient (Wildman–Crippen LogP) is 7.40. The van der Waals surface area contributed by atoms with Gasteiger partial charge < -0.3 is 14.7 Å². The third-order valence-electron chi connectivity index (χ3n) is 11.3. The monoisotopic (exact) mass is 764 g/mol. The molecular weight excluding hydrogens is 717 g/mol. The molecule has 2 N–H and O–H groups in total. The molecule has 3 aromatic heterocycles. The molecule has 0 spiro atoms. The van der Waals surface area contributed by atoms with E-state index in [1.54, 1.807) is 12.4 Å². The number of hydrogen-bond donors (Lipinski definition) is 2. The molecule has 2 saturated heterocycles. The summed E-state index contributed by atoms with van der Waals surface area (Å²) in [6, 6.07) is 26.9. The fourth-order valence-electron chi connectivity index (χ4n) is 7.94. The van der Waals surface area contributed by atoms with Crippen molar-refractivity contribution in [2.45, 2.75) is 84.0 Å². The zero-order valence-electron chi connectivity index (χ0n) is 32.9. The molecule has 1 atom stereocenters. The quantitative estimate of drug-likeness (QED) is 0.137. The van der Waals surface area contributed by atoms with Crippen molar-refractivity contribution < 1.29 is 18.9 Å². The van der Waals surface area contributed by atoms with Gasteiger partial charge >= 0.3 is 0 Å². The summed E-state index contributed by atoms with van der Waals surface area (Å²) in [6.07, 6.45) is 8.13. The first-order valence-electron chi connectivity index (χ1n) is 19.7. The number of nitrogens with zero attached hydrogens (tertiary/aromatic N) is 6. The molecule has 2 aliphatic heterocycles. The molecule has 57 heavy (non-hydrogen) atoms. The number of likely N-dealkylation sites (tertiary alicyclic amines) is 1. The van der Waals surface area contributed by atoms with Gasteiger partial charge in [0.05, 0.1) is 11.2 Å². The molecule has 12 heteroatoms. The summed E-state index contributed by atoms with van der Waals surface area (Å²) < 4.78 is 6.83. The molecule has 2 fully saturated rings. The van der Waals surface area contributed by atoms with Crippen molar-refractivity contribution in [2.24, 2.45) is 0 Å². The number of amides is 3. The molecule has 8 rings (SSSR count). The summed E-state index contributed by atoms with van der Waals surface area (Å²) in [6.45, 7) is 11.5. The minimum Gasteiger partial charge on any atom is -0.374 e. The predicted molar refractivity (Wildman–Crippen MR) is 218 cm³/mol. The average molecular weight is 765 g/mol. The first-order valence-corrected chi connectivity index (χ1v) is 19.7. The maximum atomic E-state index is 13.3. The largest absolute Gasteiger partial charge is 0.374 e. The highest BCUT2D eigenvalue weighted by molar-refractivity contribution is 6.01. The van der Waals surface area contributed by atoms with Crippen molar-refractivity contribution in [1.82, 2.24) is 34.9 Å². The van der Waals surface area contributed by atoms with Gasteiger partial charge in [0.1, 0.15) is 18.6 Å². The third kappa shape index (κ3) is 8.36. The Morgan fingerprint density at radius 3 is 2.37 bits per heavy atom. The van der Waals surface area contributed by atoms with Gasteiger partial charge in [-0.15, -0.1) is 0 Å². The van der Waals surface area contributed by atoms with Crippen molar-refractivity contribution >= 4 is 28.9 Å². The SMILES string of the molecule is Cc1cc(-c2ncnn3cc(-c4ccc(CN5CCC(c6ccc(NC7CCC(=O)NC7=O)cc6)CC5)cc4)cc23)ccc1CN(C(=O)c1ccon1)C(C)(C)C. The van der Waals surface area contributed by atoms with E-state index in [-0.39, 0.29) is 23.8 Å². The van der Waals surface area contributed by atoms with Crippen LogP contribution < -0.4 is 10.6 Å². The topological polar surface area (TPSA) is 138 Å². The van der Waals surface area contributed by atoms with Crippen LogP contribution in [0.2, 0.25) is 0 Å². The van der Waals surface area contributed by atoms with Crippen LogP contribution in [0.3, 0.4) is 0 Å². The third-order valence-corrected chi connectivity index (χ3v) is 11.3. The Hall–Kier alpha value is -6.14. The highest BCUT2D eigenvalue weighted by atomic mass is 16.5. The lowest BCUT2D eigenvalue weighted by molar-refractivity contribution is -0.133. The van der Waals surface area contributed by atoms with E-state index in [2.05, 4.69) is 99.6 Å². The second-order valence-corrected chi connectivity index (χ2v) is 16.3. The summed E-state index contributed by atoms with van der Waals surface area (Å²) >= 11 is 0. The van der Waals surface area contributed by atoms with Gasteiger partial charge in [-0.2, -0.15) is 5.10 Å². The number of imide groups is 1. The van der Waals surface area contributed by atoms with Crippen LogP contribution in [0.4, 0.5) is 5.69 Å². The number of carbonyl (C=O) groups is 3. The van der Waals surface area contributed by atoms with E-state index >= 15 is 0 Å². The lowest BCUT2D eigenvalue weighted by atomic mass is 9.89. The molecule has 0 aliphatic carbocycles. The second-order valence-electron chi connectivity index (χ2n) is 16.3. The summed E-state index contributed by atoms with van der Waals surface area (Å²) in [5, 5.41) is 14.1. The number of anilines is 1. The number of fused-ring (bicyclic) bond motifs is 1. The minimum atomic E-state index is -0.421. The van der Waals surface area contributed by atoms with E-state index in [0.29, 0.717) is 31.0 Å². The number of aryl methyl sites for hydroxylation is 1. The molecule has 0 saturated carbocycles. The molecular formula is C45H48N8O4. The van der Waals surface area contributed by atoms with Crippen LogP contribution in [0.25, 0.3) is 27.9 Å². The number of carbonyl (C=O) groups excluding carboxylic acids is 3. The van der Waals surface area contributed by atoms with Gasteiger partial charge in [-0.05, 0) is 118 Å². The first-order chi connectivity index (χ1) is 27.5. The maximum Gasteiger partial charge on any atom is 0.276 e. The Labute approximate surface area is 332 Å². The van der Waals surface area contributed by atoms with Crippen molar-refractivity contribution in [1.29, 1.82) is 0 Å². The first kappa shape index (κ1) is 37.8. The van der Waals surface area contributed by atoms with Crippen molar-refractivity contribution in [3.05, 3.63) is 126 Å². The number of rotatable bonds is 10. The van der Waals surface area contributed by atoms with Crippen LogP contribution in [-0.2, 0) is 22.7 Å². The van der Waals surface area contributed by atoms with Gasteiger partial charge in [0.2, 0.25) is 11.8 Å². The van der Waals surface area contributed by atoms with Crippen molar-refractivity contribution in [2.75, 3.05) is 18.4 Å². The molecule has 3 amide bonds. The van der Waals surface area contributed by atoms with Crippen LogP contribution in [-0.4, -0.2) is 71.9 Å². The van der Waals surface area contributed by atoms with E-state index in [4.69, 9.17) is 9.51 Å². The highest BCUT2D eigenvalue weighted by Crippen LogP contribution is 2.32. The van der Waals surface area contributed by atoms with E-state index in [0.717, 1.165) is 77.2 Å². The summed E-state index contributed by atoms with van der Waals surface area (Å²) in [5.41, 5.74) is 10.4. The molecule has 0 bridgehead atoms. The second kappa shape index (κ2) is 15.8. The van der Waals surface area contributed by atoms with Crippen LogP contribution >= 0.6 is 0 Å². The normalized spacial score (nSPS) is 16.8. The maximum absolute atomic E-state index is 13.3. The Morgan fingerprint density at radius 2 is 1.68 bits per heavy atom.